The number of nitrogens with two attached hydrogens (primary N) is 1. The summed E-state index contributed by atoms with van der Waals surface area (Å²) in [6.07, 6.45) is -2.68. The molecule has 3 N–H and O–H groups in total. The van der Waals surface area contributed by atoms with Gasteiger partial charge >= 0.3 is 6.09 Å². The monoisotopic (exact) mass is 424 g/mol. The van der Waals surface area contributed by atoms with Crippen molar-refractivity contribution < 1.29 is 32.2 Å². The van der Waals surface area contributed by atoms with Crippen LogP contribution in [0.4, 0.5) is 23.7 Å². The number of pyridine rings is 1. The Labute approximate surface area is 169 Å². The summed E-state index contributed by atoms with van der Waals surface area (Å²) in [4.78, 5) is 19.9. The highest BCUT2D eigenvalue weighted by Gasteiger charge is 2.46. The van der Waals surface area contributed by atoms with Gasteiger partial charge in [0.15, 0.2) is 5.54 Å². The fourth-order valence-corrected chi connectivity index (χ4v) is 2.92. The standard InChI is InChI=1S/C19H19F3N4O4/c1-10-5-12(28-2)7-24-16(10)30-18(27)25-11-3-4-14(20)13(6-11)19(17(21)22)9-29-8-15(23)26-19/h3-7,17H,8-9H2,1-2H3,(H2,23,26)(H,25,27). The van der Waals surface area contributed by atoms with E-state index in [1.54, 1.807) is 13.0 Å². The summed E-state index contributed by atoms with van der Waals surface area (Å²) < 4.78 is 57.4. The van der Waals surface area contributed by atoms with Crippen LogP contribution in [0.2, 0.25) is 0 Å². The highest BCUT2D eigenvalue weighted by Crippen LogP contribution is 2.38. The minimum Gasteiger partial charge on any atom is -0.495 e. The number of methoxy groups -OCH3 is 1. The Morgan fingerprint density at radius 1 is 1.37 bits per heavy atom. The zero-order valence-corrected chi connectivity index (χ0v) is 16.1. The van der Waals surface area contributed by atoms with Crippen LogP contribution < -0.4 is 20.5 Å². The Morgan fingerprint density at radius 2 is 2.13 bits per heavy atom. The van der Waals surface area contributed by atoms with Crippen LogP contribution in [0.25, 0.3) is 0 Å². The van der Waals surface area contributed by atoms with E-state index in [1.807, 2.05) is 0 Å². The van der Waals surface area contributed by atoms with Crippen LogP contribution in [0.1, 0.15) is 11.1 Å². The van der Waals surface area contributed by atoms with E-state index in [4.69, 9.17) is 19.9 Å². The van der Waals surface area contributed by atoms with Gasteiger partial charge in [-0.15, -0.1) is 0 Å². The van der Waals surface area contributed by atoms with E-state index in [0.717, 1.165) is 12.1 Å². The van der Waals surface area contributed by atoms with E-state index >= 15 is 0 Å². The molecule has 1 aromatic carbocycles. The largest absolute Gasteiger partial charge is 0.495 e. The van der Waals surface area contributed by atoms with Crippen molar-refractivity contribution in [3.63, 3.8) is 0 Å². The molecule has 0 bridgehead atoms. The molecule has 1 amide bonds. The van der Waals surface area contributed by atoms with Crippen molar-refractivity contribution in [2.24, 2.45) is 10.7 Å². The third-order valence-electron chi connectivity index (χ3n) is 4.39. The third kappa shape index (κ3) is 4.30. The van der Waals surface area contributed by atoms with E-state index in [-0.39, 0.29) is 24.0 Å². The molecule has 0 aliphatic carbocycles. The summed E-state index contributed by atoms with van der Waals surface area (Å²) in [5.74, 6) is -0.614. The Morgan fingerprint density at radius 3 is 2.77 bits per heavy atom. The molecule has 1 aromatic heterocycles. The van der Waals surface area contributed by atoms with Gasteiger partial charge < -0.3 is 19.9 Å². The van der Waals surface area contributed by atoms with Gasteiger partial charge in [0.1, 0.15) is 24.0 Å². The summed E-state index contributed by atoms with van der Waals surface area (Å²) in [6.45, 7) is 0.964. The number of anilines is 1. The number of aromatic nitrogens is 1. The predicted octanol–water partition coefficient (Wildman–Crippen LogP) is 3.00. The summed E-state index contributed by atoms with van der Waals surface area (Å²) in [7, 11) is 1.47. The molecule has 1 unspecified atom stereocenters. The number of aryl methyl sites for hydroxylation is 1. The molecule has 0 spiro atoms. The number of benzene rings is 1. The van der Waals surface area contributed by atoms with Crippen LogP contribution in [0, 0.1) is 12.7 Å². The number of amidine groups is 1. The van der Waals surface area contributed by atoms with Gasteiger partial charge in [-0.05, 0) is 31.2 Å². The number of carbonyl (C=O) groups excluding carboxylic acids is 1. The number of hydrogen-bond donors (Lipinski definition) is 2. The van der Waals surface area contributed by atoms with E-state index in [2.05, 4.69) is 15.3 Å². The van der Waals surface area contributed by atoms with Crippen LogP contribution in [-0.2, 0) is 10.3 Å². The number of hydrogen-bond acceptors (Lipinski definition) is 7. The van der Waals surface area contributed by atoms with Crippen LogP contribution in [0.5, 0.6) is 11.6 Å². The van der Waals surface area contributed by atoms with E-state index in [1.165, 1.54) is 19.4 Å². The molecule has 1 atom stereocenters. The van der Waals surface area contributed by atoms with Gasteiger partial charge in [0.05, 0.1) is 19.9 Å². The maximum atomic E-state index is 14.4. The molecule has 160 valence electrons. The SMILES string of the molecule is COc1cnc(OC(=O)Nc2ccc(F)c(C3(C(F)F)COCC(N)=N3)c2)c(C)c1. The maximum absolute atomic E-state index is 14.4. The van der Waals surface area contributed by atoms with Crippen molar-refractivity contribution in [3.05, 3.63) is 47.4 Å². The second-order valence-electron chi connectivity index (χ2n) is 6.53. The van der Waals surface area contributed by atoms with Crippen molar-refractivity contribution in [2.45, 2.75) is 18.9 Å². The lowest BCUT2D eigenvalue weighted by molar-refractivity contribution is -0.0145. The molecule has 1 aliphatic heterocycles. The van der Waals surface area contributed by atoms with Crippen LogP contribution in [0.3, 0.4) is 0 Å². The Kier molecular flexibility index (Phi) is 6.11. The molecule has 11 heteroatoms. The molecule has 0 radical (unpaired) electrons. The number of amides is 1. The summed E-state index contributed by atoms with van der Waals surface area (Å²) in [5, 5.41) is 2.36. The van der Waals surface area contributed by atoms with E-state index in [9.17, 15) is 18.0 Å². The van der Waals surface area contributed by atoms with Gasteiger partial charge in [0.25, 0.3) is 6.43 Å². The second-order valence-corrected chi connectivity index (χ2v) is 6.53. The summed E-state index contributed by atoms with van der Waals surface area (Å²) in [5.41, 5.74) is 3.31. The lowest BCUT2D eigenvalue weighted by atomic mass is 9.90. The average molecular weight is 424 g/mol. The number of ether oxygens (including phenoxy) is 3. The Balaban J connectivity index is 1.85. The lowest BCUT2D eigenvalue weighted by Gasteiger charge is -2.33. The molecule has 3 rings (SSSR count). The van der Waals surface area contributed by atoms with E-state index in [0.29, 0.717) is 11.3 Å². The smallest absolute Gasteiger partial charge is 0.418 e. The van der Waals surface area contributed by atoms with Gasteiger partial charge in [-0.2, -0.15) is 0 Å². The molecular formula is C19H19F3N4O4. The number of carbonyl (C=O) groups is 1. The van der Waals surface area contributed by atoms with E-state index < -0.39 is 36.0 Å². The van der Waals surface area contributed by atoms with Crippen LogP contribution in [-0.4, -0.2) is 43.7 Å². The third-order valence-corrected chi connectivity index (χ3v) is 4.39. The maximum Gasteiger partial charge on any atom is 0.418 e. The first-order valence-electron chi connectivity index (χ1n) is 8.75. The highest BCUT2D eigenvalue weighted by molar-refractivity contribution is 5.86. The van der Waals surface area contributed by atoms with Gasteiger partial charge in [-0.1, -0.05) is 0 Å². The highest BCUT2D eigenvalue weighted by atomic mass is 19.3. The fraction of sp³-hybridized carbons (Fsp3) is 0.316. The fourth-order valence-electron chi connectivity index (χ4n) is 2.92. The quantitative estimate of drug-likeness (QED) is 0.764. The Hall–Kier alpha value is -3.34. The summed E-state index contributed by atoms with van der Waals surface area (Å²) >= 11 is 0. The molecule has 1 aliphatic rings. The van der Waals surface area contributed by atoms with Crippen molar-refractivity contribution in [1.29, 1.82) is 0 Å². The first kappa shape index (κ1) is 21.4. The van der Waals surface area contributed by atoms with Gasteiger partial charge in [-0.25, -0.2) is 22.9 Å². The number of alkyl halides is 2. The number of nitrogens with one attached hydrogen (secondary N) is 1. The lowest BCUT2D eigenvalue weighted by Crippen LogP contribution is -2.45. The van der Waals surface area contributed by atoms with Crippen molar-refractivity contribution in [2.75, 3.05) is 25.6 Å². The zero-order valence-electron chi connectivity index (χ0n) is 16.1. The minimum atomic E-state index is -3.10. The molecule has 2 heterocycles. The van der Waals surface area contributed by atoms with Crippen molar-refractivity contribution in [1.82, 2.24) is 4.98 Å². The second kappa shape index (κ2) is 8.57. The minimum absolute atomic E-state index is 0.0157. The molecular weight excluding hydrogens is 405 g/mol. The predicted molar refractivity (Wildman–Crippen MR) is 102 cm³/mol. The number of nitrogens with zero attached hydrogens (tertiary/aromatic N) is 2. The van der Waals surface area contributed by atoms with Crippen LogP contribution >= 0.6 is 0 Å². The van der Waals surface area contributed by atoms with Crippen molar-refractivity contribution >= 4 is 17.6 Å². The molecule has 0 saturated carbocycles. The Bertz CT molecular complexity index is 986. The summed E-state index contributed by atoms with van der Waals surface area (Å²) in [6, 6.07) is 4.79. The molecule has 0 fully saturated rings. The topological polar surface area (TPSA) is 108 Å². The molecule has 8 nitrogen and oxygen atoms in total. The van der Waals surface area contributed by atoms with Crippen LogP contribution in [0.15, 0.2) is 35.5 Å². The van der Waals surface area contributed by atoms with Gasteiger partial charge in [-0.3, -0.25) is 10.3 Å². The van der Waals surface area contributed by atoms with Gasteiger partial charge in [0, 0.05) is 16.8 Å². The van der Waals surface area contributed by atoms with Gasteiger partial charge in [0.2, 0.25) is 5.88 Å². The zero-order chi connectivity index (χ0) is 21.9. The number of halogens is 3. The molecule has 0 saturated heterocycles. The number of aliphatic imine (C=N–C) groups is 1. The number of rotatable bonds is 5. The molecule has 30 heavy (non-hydrogen) atoms. The first-order valence-corrected chi connectivity index (χ1v) is 8.75. The van der Waals surface area contributed by atoms with Crippen molar-refractivity contribution in [3.8, 4) is 11.6 Å². The average Bonchev–Trinajstić information content (AvgIpc) is 2.70. The normalized spacial score (nSPS) is 18.7. The molecule has 2 aromatic rings. The first-order chi connectivity index (χ1) is 14.2.